The first-order chi connectivity index (χ1) is 10.6. The molecule has 1 atom stereocenters. The number of carbonyl (C=O) groups excluding carboxylic acids is 2. The highest BCUT2D eigenvalue weighted by atomic mass is 16.2. The van der Waals surface area contributed by atoms with Crippen molar-refractivity contribution in [3.8, 4) is 0 Å². The van der Waals surface area contributed by atoms with Crippen LogP contribution in [0.15, 0.2) is 30.3 Å². The zero-order valence-electron chi connectivity index (χ0n) is 13.4. The van der Waals surface area contributed by atoms with E-state index in [1.54, 1.807) is 6.92 Å². The molecule has 0 bridgehead atoms. The molecule has 1 N–H and O–H groups in total. The lowest BCUT2D eigenvalue weighted by molar-refractivity contribution is -0.136. The third-order valence-electron chi connectivity index (χ3n) is 3.94. The fourth-order valence-corrected chi connectivity index (χ4v) is 2.70. The molecule has 1 heterocycles. The lowest BCUT2D eigenvalue weighted by Gasteiger charge is -2.37. The average Bonchev–Trinajstić information content (AvgIpc) is 2.55. The lowest BCUT2D eigenvalue weighted by atomic mass is 10.2. The number of nitrogens with zero attached hydrogens (tertiary/aromatic N) is 2. The molecule has 5 heteroatoms. The van der Waals surface area contributed by atoms with Gasteiger partial charge in [0, 0.05) is 38.3 Å². The van der Waals surface area contributed by atoms with E-state index in [1.165, 1.54) is 5.69 Å². The Morgan fingerprint density at radius 1 is 1.14 bits per heavy atom. The quantitative estimate of drug-likeness (QED) is 0.900. The maximum Gasteiger partial charge on any atom is 0.244 e. The first kappa shape index (κ1) is 16.3. The second-order valence-electron chi connectivity index (χ2n) is 5.69. The van der Waals surface area contributed by atoms with E-state index < -0.39 is 6.04 Å². The minimum Gasteiger partial charge on any atom is -0.368 e. The van der Waals surface area contributed by atoms with Crippen LogP contribution in [0.25, 0.3) is 0 Å². The summed E-state index contributed by atoms with van der Waals surface area (Å²) >= 11 is 0. The number of rotatable bonds is 5. The zero-order chi connectivity index (χ0) is 15.9. The Balaban J connectivity index is 1.83. The summed E-state index contributed by atoms with van der Waals surface area (Å²) in [5, 5.41) is 2.78. The Morgan fingerprint density at radius 3 is 2.36 bits per heavy atom. The standard InChI is InChI=1S/C17H25N3O2/c1-3-7-16(21)18-14(2)17(22)20-12-10-19(11-13-20)15-8-5-4-6-9-15/h4-6,8-9,14H,3,7,10-13H2,1-2H3,(H,18,21)/t14-/m0/s1. The number of nitrogens with one attached hydrogen (secondary N) is 1. The van der Waals surface area contributed by atoms with Gasteiger partial charge in [0.2, 0.25) is 11.8 Å². The van der Waals surface area contributed by atoms with Crippen molar-refractivity contribution in [2.75, 3.05) is 31.1 Å². The van der Waals surface area contributed by atoms with Gasteiger partial charge in [-0.2, -0.15) is 0 Å². The van der Waals surface area contributed by atoms with Gasteiger partial charge < -0.3 is 15.1 Å². The normalized spacial score (nSPS) is 16.3. The predicted molar refractivity (Wildman–Crippen MR) is 87.7 cm³/mol. The maximum absolute atomic E-state index is 12.4. The van der Waals surface area contributed by atoms with Gasteiger partial charge in [-0.3, -0.25) is 9.59 Å². The number of anilines is 1. The van der Waals surface area contributed by atoms with Crippen molar-refractivity contribution in [1.29, 1.82) is 0 Å². The number of hydrogen-bond acceptors (Lipinski definition) is 3. The summed E-state index contributed by atoms with van der Waals surface area (Å²) in [6, 6.07) is 9.79. The van der Waals surface area contributed by atoms with Crippen molar-refractivity contribution >= 4 is 17.5 Å². The van der Waals surface area contributed by atoms with Gasteiger partial charge in [0.1, 0.15) is 6.04 Å². The number of carbonyl (C=O) groups is 2. The van der Waals surface area contributed by atoms with Gasteiger partial charge >= 0.3 is 0 Å². The molecule has 2 amide bonds. The third-order valence-corrected chi connectivity index (χ3v) is 3.94. The first-order valence-corrected chi connectivity index (χ1v) is 8.00. The number of para-hydroxylation sites is 1. The van der Waals surface area contributed by atoms with E-state index in [4.69, 9.17) is 0 Å². The van der Waals surface area contributed by atoms with E-state index in [0.29, 0.717) is 19.5 Å². The molecule has 5 nitrogen and oxygen atoms in total. The van der Waals surface area contributed by atoms with Crippen molar-refractivity contribution in [1.82, 2.24) is 10.2 Å². The summed E-state index contributed by atoms with van der Waals surface area (Å²) in [4.78, 5) is 28.1. The molecule has 1 aromatic carbocycles. The molecule has 1 fully saturated rings. The number of benzene rings is 1. The fraction of sp³-hybridized carbons (Fsp3) is 0.529. The SMILES string of the molecule is CCCC(=O)N[C@@H](C)C(=O)N1CCN(c2ccccc2)CC1. The van der Waals surface area contributed by atoms with Gasteiger partial charge in [-0.05, 0) is 25.5 Å². The van der Waals surface area contributed by atoms with E-state index in [9.17, 15) is 9.59 Å². The van der Waals surface area contributed by atoms with E-state index in [0.717, 1.165) is 19.5 Å². The van der Waals surface area contributed by atoms with Crippen LogP contribution >= 0.6 is 0 Å². The topological polar surface area (TPSA) is 52.7 Å². The van der Waals surface area contributed by atoms with Crippen LogP contribution in [-0.4, -0.2) is 48.9 Å². The molecule has 22 heavy (non-hydrogen) atoms. The van der Waals surface area contributed by atoms with Crippen molar-refractivity contribution < 1.29 is 9.59 Å². The summed E-state index contributed by atoms with van der Waals surface area (Å²) in [5.74, 6) is -0.0385. The van der Waals surface area contributed by atoms with Crippen LogP contribution < -0.4 is 10.2 Å². The van der Waals surface area contributed by atoms with Gasteiger partial charge in [0.15, 0.2) is 0 Å². The highest BCUT2D eigenvalue weighted by Crippen LogP contribution is 2.15. The lowest BCUT2D eigenvalue weighted by Crippen LogP contribution is -2.54. The van der Waals surface area contributed by atoms with Crippen molar-refractivity contribution in [2.45, 2.75) is 32.7 Å². The van der Waals surface area contributed by atoms with Crippen LogP contribution in [0.4, 0.5) is 5.69 Å². The summed E-state index contributed by atoms with van der Waals surface area (Å²) in [6.45, 7) is 6.76. The predicted octanol–water partition coefficient (Wildman–Crippen LogP) is 1.64. The summed E-state index contributed by atoms with van der Waals surface area (Å²) in [7, 11) is 0. The van der Waals surface area contributed by atoms with Gasteiger partial charge in [0.05, 0.1) is 0 Å². The van der Waals surface area contributed by atoms with Crippen LogP contribution in [0, 0.1) is 0 Å². The van der Waals surface area contributed by atoms with Crippen LogP contribution in [-0.2, 0) is 9.59 Å². The molecule has 0 saturated carbocycles. The van der Waals surface area contributed by atoms with Crippen LogP contribution in [0.3, 0.4) is 0 Å². The highest BCUT2D eigenvalue weighted by Gasteiger charge is 2.25. The Labute approximate surface area is 132 Å². The molecular formula is C17H25N3O2. The summed E-state index contributed by atoms with van der Waals surface area (Å²) < 4.78 is 0. The summed E-state index contributed by atoms with van der Waals surface area (Å²) in [5.41, 5.74) is 1.19. The first-order valence-electron chi connectivity index (χ1n) is 8.00. The van der Waals surface area contributed by atoms with Crippen molar-refractivity contribution in [2.24, 2.45) is 0 Å². The van der Waals surface area contributed by atoms with Crippen molar-refractivity contribution in [3.05, 3.63) is 30.3 Å². The minimum absolute atomic E-state index is 0.0113. The van der Waals surface area contributed by atoms with Crippen molar-refractivity contribution in [3.63, 3.8) is 0 Å². The average molecular weight is 303 g/mol. The molecule has 0 aliphatic carbocycles. The highest BCUT2D eigenvalue weighted by molar-refractivity contribution is 5.87. The minimum atomic E-state index is -0.442. The molecule has 0 spiro atoms. The molecule has 0 aromatic heterocycles. The number of hydrogen-bond donors (Lipinski definition) is 1. The number of amides is 2. The van der Waals surface area contributed by atoms with E-state index in [2.05, 4.69) is 22.3 Å². The molecular weight excluding hydrogens is 278 g/mol. The molecule has 0 radical (unpaired) electrons. The molecule has 1 aromatic rings. The Kier molecular flexibility index (Phi) is 5.81. The Hall–Kier alpha value is -2.04. The molecule has 1 saturated heterocycles. The molecule has 1 aliphatic heterocycles. The number of piperazine rings is 1. The largest absolute Gasteiger partial charge is 0.368 e. The summed E-state index contributed by atoms with van der Waals surface area (Å²) in [6.07, 6.45) is 1.27. The molecule has 120 valence electrons. The van der Waals surface area contributed by atoms with Gasteiger partial charge in [0.25, 0.3) is 0 Å². The van der Waals surface area contributed by atoms with E-state index in [1.807, 2.05) is 30.0 Å². The Morgan fingerprint density at radius 2 is 1.77 bits per heavy atom. The molecule has 0 unspecified atom stereocenters. The van der Waals surface area contributed by atoms with Gasteiger partial charge in [-0.25, -0.2) is 0 Å². The van der Waals surface area contributed by atoms with Crippen LogP contribution in [0.2, 0.25) is 0 Å². The van der Waals surface area contributed by atoms with E-state index in [-0.39, 0.29) is 11.8 Å². The molecule has 2 rings (SSSR count). The third kappa shape index (κ3) is 4.23. The zero-order valence-corrected chi connectivity index (χ0v) is 13.4. The fourth-order valence-electron chi connectivity index (χ4n) is 2.70. The molecule has 1 aliphatic rings. The smallest absolute Gasteiger partial charge is 0.244 e. The van der Waals surface area contributed by atoms with Gasteiger partial charge in [-0.1, -0.05) is 25.1 Å². The Bertz CT molecular complexity index is 496. The monoisotopic (exact) mass is 303 g/mol. The second-order valence-corrected chi connectivity index (χ2v) is 5.69. The van der Waals surface area contributed by atoms with Crippen LogP contribution in [0.5, 0.6) is 0 Å². The van der Waals surface area contributed by atoms with Crippen LogP contribution in [0.1, 0.15) is 26.7 Å². The van der Waals surface area contributed by atoms with Gasteiger partial charge in [-0.15, -0.1) is 0 Å². The van der Waals surface area contributed by atoms with E-state index >= 15 is 0 Å². The second kappa shape index (κ2) is 7.82. The maximum atomic E-state index is 12.4.